The van der Waals surface area contributed by atoms with E-state index in [0.29, 0.717) is 13.2 Å². The predicted octanol–water partition coefficient (Wildman–Crippen LogP) is 1.66. The number of ether oxygens (including phenoxy) is 2. The van der Waals surface area contributed by atoms with E-state index in [1.54, 1.807) is 7.05 Å². The van der Waals surface area contributed by atoms with Crippen LogP contribution in [0.5, 0.6) is 5.75 Å². The van der Waals surface area contributed by atoms with Gasteiger partial charge in [0.05, 0.1) is 11.6 Å². The maximum Gasteiger partial charge on any atom is 0.416 e. The molecule has 1 amide bonds. The summed E-state index contributed by atoms with van der Waals surface area (Å²) in [5.74, 6) is -0.0142. The zero-order valence-corrected chi connectivity index (χ0v) is 15.1. The fourth-order valence-corrected chi connectivity index (χ4v) is 2.92. The molecule has 3 N–H and O–H groups in total. The Labute approximate surface area is 156 Å². The summed E-state index contributed by atoms with van der Waals surface area (Å²) in [6, 6.07) is 3.54. The Morgan fingerprint density at radius 2 is 1.93 bits per heavy atom. The first-order valence-corrected chi connectivity index (χ1v) is 8.75. The van der Waals surface area contributed by atoms with Gasteiger partial charge < -0.3 is 25.2 Å². The zero-order chi connectivity index (χ0) is 20.0. The number of nitrogens with two attached hydrogens (primary N) is 1. The monoisotopic (exact) mass is 390 g/mol. The number of nitrogens with zero attached hydrogens (tertiary/aromatic N) is 1. The lowest BCUT2D eigenvalue weighted by Crippen LogP contribution is -2.49. The predicted molar refractivity (Wildman–Crippen MR) is 92.1 cm³/mol. The van der Waals surface area contributed by atoms with Gasteiger partial charge in [-0.3, -0.25) is 4.79 Å². The molecule has 0 aromatic heterocycles. The molecule has 0 spiro atoms. The molecule has 152 valence electrons. The van der Waals surface area contributed by atoms with Gasteiger partial charge in [-0.2, -0.15) is 13.2 Å². The number of aliphatic hydroxyl groups is 1. The van der Waals surface area contributed by atoms with E-state index in [1.807, 2.05) is 0 Å². The summed E-state index contributed by atoms with van der Waals surface area (Å²) < 4.78 is 48.1. The van der Waals surface area contributed by atoms with Crippen LogP contribution in [0.4, 0.5) is 13.2 Å². The van der Waals surface area contributed by atoms with Crippen molar-refractivity contribution in [1.29, 1.82) is 0 Å². The molecule has 1 saturated heterocycles. The largest absolute Gasteiger partial charge is 0.491 e. The number of carbonyl (C=O) groups excluding carboxylic acids is 1. The number of carbonyl (C=O) groups is 1. The third-order valence-electron chi connectivity index (χ3n) is 4.54. The van der Waals surface area contributed by atoms with E-state index in [-0.39, 0.29) is 30.7 Å². The second-order valence-electron chi connectivity index (χ2n) is 6.68. The number of alkyl halides is 3. The molecule has 0 saturated carbocycles. The Morgan fingerprint density at radius 3 is 2.48 bits per heavy atom. The second-order valence-corrected chi connectivity index (χ2v) is 6.68. The summed E-state index contributed by atoms with van der Waals surface area (Å²) in [6.45, 7) is 1.02. The van der Waals surface area contributed by atoms with Crippen LogP contribution in [0.15, 0.2) is 24.3 Å². The van der Waals surface area contributed by atoms with Crippen molar-refractivity contribution in [2.45, 2.75) is 31.2 Å². The van der Waals surface area contributed by atoms with Crippen molar-refractivity contribution in [3.8, 4) is 5.75 Å². The first-order chi connectivity index (χ1) is 12.7. The van der Waals surface area contributed by atoms with Gasteiger partial charge in [-0.25, -0.2) is 0 Å². The summed E-state index contributed by atoms with van der Waals surface area (Å²) >= 11 is 0. The van der Waals surface area contributed by atoms with Crippen molar-refractivity contribution in [2.75, 3.05) is 33.4 Å². The molecule has 27 heavy (non-hydrogen) atoms. The van der Waals surface area contributed by atoms with Gasteiger partial charge in [0.2, 0.25) is 5.91 Å². The van der Waals surface area contributed by atoms with E-state index in [4.69, 9.17) is 15.2 Å². The quantitative estimate of drug-likeness (QED) is 0.740. The SMILES string of the molecule is CN(CC(O)COc1ccc(C(F)(F)F)cc1)C(=O)C(N)C1CCOCC1. The number of rotatable bonds is 7. The standard InChI is InChI=1S/C18H25F3N2O4/c1-23(17(25)16(22)12-6-8-26-9-7-12)10-14(24)11-27-15-4-2-13(3-5-15)18(19,20)21/h2-5,12,14,16,24H,6-11,22H2,1H3. The molecule has 2 unspecified atom stereocenters. The van der Waals surface area contributed by atoms with Crippen LogP contribution in [0, 0.1) is 5.92 Å². The highest BCUT2D eigenvalue weighted by molar-refractivity contribution is 5.81. The van der Waals surface area contributed by atoms with Crippen molar-refractivity contribution >= 4 is 5.91 Å². The Hall–Kier alpha value is -1.84. The van der Waals surface area contributed by atoms with E-state index in [2.05, 4.69) is 0 Å². The van der Waals surface area contributed by atoms with Crippen molar-refractivity contribution in [1.82, 2.24) is 4.90 Å². The van der Waals surface area contributed by atoms with Gasteiger partial charge in [-0.1, -0.05) is 0 Å². The molecule has 1 fully saturated rings. The van der Waals surface area contributed by atoms with Gasteiger partial charge in [0, 0.05) is 26.8 Å². The minimum absolute atomic E-state index is 0.0103. The lowest BCUT2D eigenvalue weighted by molar-refractivity contribution is -0.137. The molecule has 0 bridgehead atoms. The van der Waals surface area contributed by atoms with Crippen LogP contribution >= 0.6 is 0 Å². The highest BCUT2D eigenvalue weighted by Gasteiger charge is 2.30. The molecule has 0 aliphatic carbocycles. The molecular formula is C18H25F3N2O4. The van der Waals surface area contributed by atoms with Crippen LogP contribution < -0.4 is 10.5 Å². The van der Waals surface area contributed by atoms with Crippen molar-refractivity contribution in [3.63, 3.8) is 0 Å². The Kier molecular flexibility index (Phi) is 7.46. The smallest absolute Gasteiger partial charge is 0.416 e. The first-order valence-electron chi connectivity index (χ1n) is 8.75. The fourth-order valence-electron chi connectivity index (χ4n) is 2.92. The van der Waals surface area contributed by atoms with Crippen LogP contribution in [-0.2, 0) is 15.7 Å². The topological polar surface area (TPSA) is 85.0 Å². The van der Waals surface area contributed by atoms with E-state index in [9.17, 15) is 23.1 Å². The lowest BCUT2D eigenvalue weighted by Gasteiger charge is -2.30. The van der Waals surface area contributed by atoms with Gasteiger partial charge in [-0.05, 0) is 43.0 Å². The van der Waals surface area contributed by atoms with E-state index in [0.717, 1.165) is 25.0 Å². The number of halogens is 3. The van der Waals surface area contributed by atoms with E-state index < -0.39 is 23.9 Å². The number of aliphatic hydroxyl groups excluding tert-OH is 1. The number of hydrogen-bond acceptors (Lipinski definition) is 5. The fraction of sp³-hybridized carbons (Fsp3) is 0.611. The minimum atomic E-state index is -4.41. The molecule has 9 heteroatoms. The summed E-state index contributed by atoms with van der Waals surface area (Å²) in [5, 5.41) is 10.0. The molecule has 1 aliphatic heterocycles. The van der Waals surface area contributed by atoms with Gasteiger partial charge in [-0.15, -0.1) is 0 Å². The van der Waals surface area contributed by atoms with Gasteiger partial charge in [0.25, 0.3) is 0 Å². The maximum absolute atomic E-state index is 12.5. The van der Waals surface area contributed by atoms with Crippen LogP contribution in [0.25, 0.3) is 0 Å². The summed E-state index contributed by atoms with van der Waals surface area (Å²) in [5.41, 5.74) is 5.26. The van der Waals surface area contributed by atoms with Crippen molar-refractivity contribution in [3.05, 3.63) is 29.8 Å². The number of likely N-dealkylation sites (N-methyl/N-ethyl adjacent to an activating group) is 1. The highest BCUT2D eigenvalue weighted by Crippen LogP contribution is 2.30. The maximum atomic E-state index is 12.5. The Morgan fingerprint density at radius 1 is 1.33 bits per heavy atom. The average Bonchev–Trinajstić information content (AvgIpc) is 2.65. The number of amides is 1. The number of benzene rings is 1. The molecule has 1 aromatic carbocycles. The van der Waals surface area contributed by atoms with Crippen LogP contribution in [-0.4, -0.2) is 61.5 Å². The number of hydrogen-bond donors (Lipinski definition) is 2. The second kappa shape index (κ2) is 9.38. The average molecular weight is 390 g/mol. The van der Waals surface area contributed by atoms with Gasteiger partial charge in [0.1, 0.15) is 18.5 Å². The summed E-state index contributed by atoms with van der Waals surface area (Å²) in [4.78, 5) is 13.7. The van der Waals surface area contributed by atoms with E-state index in [1.165, 1.54) is 17.0 Å². The minimum Gasteiger partial charge on any atom is -0.491 e. The van der Waals surface area contributed by atoms with Gasteiger partial charge >= 0.3 is 6.18 Å². The van der Waals surface area contributed by atoms with Crippen LogP contribution in [0.1, 0.15) is 18.4 Å². The van der Waals surface area contributed by atoms with Crippen LogP contribution in [0.3, 0.4) is 0 Å². The molecule has 1 heterocycles. The van der Waals surface area contributed by atoms with E-state index >= 15 is 0 Å². The molecule has 2 rings (SSSR count). The Balaban J connectivity index is 1.78. The molecule has 0 radical (unpaired) electrons. The molecule has 2 atom stereocenters. The van der Waals surface area contributed by atoms with Gasteiger partial charge in [0.15, 0.2) is 0 Å². The summed E-state index contributed by atoms with van der Waals surface area (Å²) in [7, 11) is 1.54. The lowest BCUT2D eigenvalue weighted by atomic mass is 9.91. The van der Waals surface area contributed by atoms with Crippen molar-refractivity contribution < 1.29 is 32.5 Å². The first kappa shape index (κ1) is 21.5. The van der Waals surface area contributed by atoms with Crippen molar-refractivity contribution in [2.24, 2.45) is 11.7 Å². The normalized spacial score (nSPS) is 18.0. The highest BCUT2D eigenvalue weighted by atomic mass is 19.4. The third kappa shape index (κ3) is 6.37. The van der Waals surface area contributed by atoms with Crippen LogP contribution in [0.2, 0.25) is 0 Å². The molecule has 1 aromatic rings. The molecular weight excluding hydrogens is 365 g/mol. The zero-order valence-electron chi connectivity index (χ0n) is 15.1. The Bertz CT molecular complexity index is 604. The third-order valence-corrected chi connectivity index (χ3v) is 4.54. The summed E-state index contributed by atoms with van der Waals surface area (Å²) in [6.07, 6.45) is -3.96. The molecule has 1 aliphatic rings. The molecule has 6 nitrogen and oxygen atoms in total.